The molecule has 2 aromatic rings. The number of benzene rings is 2. The number of ether oxygens (including phenoxy) is 2. The van der Waals surface area contributed by atoms with E-state index in [9.17, 15) is 0 Å². The third-order valence-electron chi connectivity index (χ3n) is 3.23. The molecule has 2 aromatic carbocycles. The molecular formula is C17H23NO2. The second-order valence-corrected chi connectivity index (χ2v) is 5.14. The fourth-order valence-electron chi connectivity index (χ4n) is 2.17. The number of hydrogen-bond donors (Lipinski definition) is 1. The van der Waals surface area contributed by atoms with Gasteiger partial charge in [-0.05, 0) is 16.8 Å². The summed E-state index contributed by atoms with van der Waals surface area (Å²) in [5.41, 5.74) is 1.22. The smallest absolute Gasteiger partial charge is 0.124 e. The quantitative estimate of drug-likeness (QED) is 0.785. The molecule has 0 amide bonds. The maximum Gasteiger partial charge on any atom is 0.124 e. The van der Waals surface area contributed by atoms with Crippen molar-refractivity contribution in [2.24, 2.45) is 0 Å². The molecule has 0 bridgehead atoms. The first-order valence-electron chi connectivity index (χ1n) is 7.08. The van der Waals surface area contributed by atoms with E-state index in [2.05, 4.69) is 55.6 Å². The maximum atomic E-state index is 5.85. The largest absolute Gasteiger partial charge is 0.491 e. The van der Waals surface area contributed by atoms with Gasteiger partial charge in [-0.15, -0.1) is 0 Å². The van der Waals surface area contributed by atoms with Crippen molar-refractivity contribution >= 4 is 10.8 Å². The number of rotatable bonds is 7. The van der Waals surface area contributed by atoms with Crippen LogP contribution < -0.4 is 10.1 Å². The molecule has 0 aliphatic heterocycles. The highest BCUT2D eigenvalue weighted by molar-refractivity contribution is 5.87. The maximum absolute atomic E-state index is 5.85. The fourth-order valence-corrected chi connectivity index (χ4v) is 2.17. The van der Waals surface area contributed by atoms with Crippen molar-refractivity contribution in [2.45, 2.75) is 26.4 Å². The van der Waals surface area contributed by atoms with Gasteiger partial charge in [0.1, 0.15) is 12.4 Å². The van der Waals surface area contributed by atoms with Gasteiger partial charge in [0.2, 0.25) is 0 Å². The van der Waals surface area contributed by atoms with E-state index >= 15 is 0 Å². The summed E-state index contributed by atoms with van der Waals surface area (Å²) in [5.74, 6) is 0.939. The van der Waals surface area contributed by atoms with Crippen molar-refractivity contribution in [1.82, 2.24) is 5.32 Å². The third-order valence-corrected chi connectivity index (χ3v) is 3.23. The van der Waals surface area contributed by atoms with Crippen LogP contribution in [0.1, 0.15) is 19.4 Å². The highest BCUT2D eigenvalue weighted by Crippen LogP contribution is 2.28. The summed E-state index contributed by atoms with van der Waals surface area (Å²) >= 11 is 0. The Hall–Kier alpha value is -1.58. The van der Waals surface area contributed by atoms with Gasteiger partial charge in [-0.1, -0.05) is 44.2 Å². The van der Waals surface area contributed by atoms with Crippen molar-refractivity contribution in [2.75, 3.05) is 20.3 Å². The van der Waals surface area contributed by atoms with Gasteiger partial charge in [0.25, 0.3) is 0 Å². The Morgan fingerprint density at radius 1 is 1.05 bits per heavy atom. The molecule has 0 heterocycles. The average molecular weight is 273 g/mol. The molecule has 0 aromatic heterocycles. The van der Waals surface area contributed by atoms with Gasteiger partial charge in [0.15, 0.2) is 0 Å². The van der Waals surface area contributed by atoms with Gasteiger partial charge in [0, 0.05) is 25.3 Å². The number of fused-ring (bicyclic) bond motifs is 1. The molecule has 3 heteroatoms. The molecule has 0 fully saturated rings. The van der Waals surface area contributed by atoms with Crippen LogP contribution in [0.2, 0.25) is 0 Å². The molecule has 0 saturated heterocycles. The number of methoxy groups -OCH3 is 1. The van der Waals surface area contributed by atoms with E-state index in [4.69, 9.17) is 9.47 Å². The van der Waals surface area contributed by atoms with Crippen LogP contribution in [0.25, 0.3) is 10.8 Å². The molecule has 0 spiro atoms. The lowest BCUT2D eigenvalue weighted by Crippen LogP contribution is -2.22. The second kappa shape index (κ2) is 7.27. The van der Waals surface area contributed by atoms with Crippen LogP contribution in [0, 0.1) is 0 Å². The monoisotopic (exact) mass is 273 g/mol. The van der Waals surface area contributed by atoms with Crippen LogP contribution in [0.3, 0.4) is 0 Å². The van der Waals surface area contributed by atoms with Gasteiger partial charge >= 0.3 is 0 Å². The third kappa shape index (κ3) is 3.71. The first-order valence-corrected chi connectivity index (χ1v) is 7.08. The fraction of sp³-hybridized carbons (Fsp3) is 0.412. The zero-order valence-electron chi connectivity index (χ0n) is 12.5. The van der Waals surface area contributed by atoms with Gasteiger partial charge < -0.3 is 14.8 Å². The van der Waals surface area contributed by atoms with E-state index in [0.717, 1.165) is 12.3 Å². The Bertz CT molecular complexity index is 552. The highest BCUT2D eigenvalue weighted by Gasteiger charge is 2.09. The summed E-state index contributed by atoms with van der Waals surface area (Å²) in [6, 6.07) is 13.0. The molecule has 20 heavy (non-hydrogen) atoms. The first-order chi connectivity index (χ1) is 9.72. The molecule has 0 saturated carbocycles. The van der Waals surface area contributed by atoms with Gasteiger partial charge in [-0.3, -0.25) is 0 Å². The number of nitrogens with one attached hydrogen (secondary N) is 1. The lowest BCUT2D eigenvalue weighted by Gasteiger charge is -2.16. The Morgan fingerprint density at radius 2 is 1.85 bits per heavy atom. The SMILES string of the molecule is COCCOc1ccc2ccccc2c1CNC(C)C. The molecule has 0 aliphatic carbocycles. The zero-order valence-corrected chi connectivity index (χ0v) is 12.5. The van der Waals surface area contributed by atoms with Crippen LogP contribution in [0.5, 0.6) is 5.75 Å². The minimum absolute atomic E-state index is 0.445. The molecule has 108 valence electrons. The minimum Gasteiger partial charge on any atom is -0.491 e. The van der Waals surface area contributed by atoms with Crippen LogP contribution >= 0.6 is 0 Å². The standard InChI is InChI=1S/C17H23NO2/c1-13(2)18-12-16-15-7-5-4-6-14(15)8-9-17(16)20-11-10-19-3/h4-9,13,18H,10-12H2,1-3H3. The van der Waals surface area contributed by atoms with Crippen molar-refractivity contribution in [3.63, 3.8) is 0 Å². The molecule has 1 N–H and O–H groups in total. The van der Waals surface area contributed by atoms with Crippen molar-refractivity contribution in [3.8, 4) is 5.75 Å². The lowest BCUT2D eigenvalue weighted by atomic mass is 10.0. The van der Waals surface area contributed by atoms with Gasteiger partial charge in [0.05, 0.1) is 6.61 Å². The Morgan fingerprint density at radius 3 is 2.60 bits per heavy atom. The second-order valence-electron chi connectivity index (χ2n) is 5.14. The van der Waals surface area contributed by atoms with E-state index in [0.29, 0.717) is 19.3 Å². The van der Waals surface area contributed by atoms with Crippen molar-refractivity contribution in [3.05, 3.63) is 42.0 Å². The normalized spacial score (nSPS) is 11.2. The van der Waals surface area contributed by atoms with Crippen LogP contribution in [-0.2, 0) is 11.3 Å². The van der Waals surface area contributed by atoms with Gasteiger partial charge in [-0.25, -0.2) is 0 Å². The molecule has 0 aliphatic rings. The van der Waals surface area contributed by atoms with Crippen LogP contribution in [-0.4, -0.2) is 26.4 Å². The predicted octanol–water partition coefficient (Wildman–Crippen LogP) is 3.36. The first kappa shape index (κ1) is 14.8. The van der Waals surface area contributed by atoms with Crippen LogP contribution in [0.4, 0.5) is 0 Å². The molecule has 0 atom stereocenters. The topological polar surface area (TPSA) is 30.5 Å². The summed E-state index contributed by atoms with van der Waals surface area (Å²) in [7, 11) is 1.69. The summed E-state index contributed by atoms with van der Waals surface area (Å²) in [6.07, 6.45) is 0. The summed E-state index contributed by atoms with van der Waals surface area (Å²) < 4.78 is 10.9. The van der Waals surface area contributed by atoms with E-state index in [1.807, 2.05) is 0 Å². The average Bonchev–Trinajstić information content (AvgIpc) is 2.45. The molecule has 2 rings (SSSR count). The summed E-state index contributed by atoms with van der Waals surface area (Å²) in [6.45, 7) is 6.28. The van der Waals surface area contributed by atoms with E-state index in [1.165, 1.54) is 16.3 Å². The predicted molar refractivity (Wildman–Crippen MR) is 83.3 cm³/mol. The molecule has 0 radical (unpaired) electrons. The Balaban J connectivity index is 2.31. The van der Waals surface area contributed by atoms with Crippen LogP contribution in [0.15, 0.2) is 36.4 Å². The molecule has 3 nitrogen and oxygen atoms in total. The summed E-state index contributed by atoms with van der Waals surface area (Å²) in [5, 5.41) is 5.96. The Kier molecular flexibility index (Phi) is 5.39. The Labute approximate surface area is 120 Å². The van der Waals surface area contributed by atoms with Gasteiger partial charge in [-0.2, -0.15) is 0 Å². The minimum atomic E-state index is 0.445. The molecule has 0 unspecified atom stereocenters. The lowest BCUT2D eigenvalue weighted by molar-refractivity contribution is 0.146. The number of hydrogen-bond acceptors (Lipinski definition) is 3. The molecular weight excluding hydrogens is 250 g/mol. The van der Waals surface area contributed by atoms with E-state index in [-0.39, 0.29) is 0 Å². The highest BCUT2D eigenvalue weighted by atomic mass is 16.5. The van der Waals surface area contributed by atoms with Crippen molar-refractivity contribution in [1.29, 1.82) is 0 Å². The van der Waals surface area contributed by atoms with E-state index < -0.39 is 0 Å². The summed E-state index contributed by atoms with van der Waals surface area (Å²) in [4.78, 5) is 0. The zero-order chi connectivity index (χ0) is 14.4. The van der Waals surface area contributed by atoms with Crippen molar-refractivity contribution < 1.29 is 9.47 Å². The van der Waals surface area contributed by atoms with E-state index in [1.54, 1.807) is 7.11 Å².